The summed E-state index contributed by atoms with van der Waals surface area (Å²) in [6.45, 7) is 8.35. The molecule has 0 saturated heterocycles. The van der Waals surface area contributed by atoms with Crippen molar-refractivity contribution in [3.05, 3.63) is 53.8 Å². The summed E-state index contributed by atoms with van der Waals surface area (Å²) >= 11 is 0. The standard InChI is InChI=1S/C23H28N2O5S/c1-5-25(6-2)31(27,28)22-14-18(9-11-20(22)29-7-3)24-23(26)13-17-15-30-21-12-16(4)8-10-19(17)21/h8-12,14-15H,5-7,13H2,1-4H3,(H,24,26). The molecule has 0 bridgehead atoms. The Kier molecular flexibility index (Phi) is 7.02. The molecule has 1 amide bonds. The molecule has 0 fully saturated rings. The number of amides is 1. The number of anilines is 1. The van der Waals surface area contributed by atoms with Crippen molar-refractivity contribution in [1.82, 2.24) is 4.31 Å². The number of carbonyl (C=O) groups excluding carboxylic acids is 1. The second-order valence-electron chi connectivity index (χ2n) is 7.17. The molecule has 3 rings (SSSR count). The first kappa shape index (κ1) is 22.8. The molecular weight excluding hydrogens is 416 g/mol. The summed E-state index contributed by atoms with van der Waals surface area (Å²) in [7, 11) is -3.75. The SMILES string of the molecule is CCOc1ccc(NC(=O)Cc2coc3cc(C)ccc23)cc1S(=O)(=O)N(CC)CC. The second-order valence-corrected chi connectivity index (χ2v) is 9.08. The lowest BCUT2D eigenvalue weighted by Gasteiger charge is -2.21. The topological polar surface area (TPSA) is 88.8 Å². The molecule has 8 heteroatoms. The van der Waals surface area contributed by atoms with Crippen LogP contribution in [-0.4, -0.2) is 38.3 Å². The summed E-state index contributed by atoms with van der Waals surface area (Å²) in [5.41, 5.74) is 2.97. The maximum absolute atomic E-state index is 13.1. The van der Waals surface area contributed by atoms with Crippen molar-refractivity contribution in [2.45, 2.75) is 39.0 Å². The van der Waals surface area contributed by atoms with E-state index in [0.29, 0.717) is 25.4 Å². The highest BCUT2D eigenvalue weighted by Crippen LogP contribution is 2.30. The van der Waals surface area contributed by atoms with Gasteiger partial charge in [-0.25, -0.2) is 8.42 Å². The Bertz CT molecular complexity index is 1180. The fourth-order valence-corrected chi connectivity index (χ4v) is 5.09. The smallest absolute Gasteiger partial charge is 0.246 e. The van der Waals surface area contributed by atoms with E-state index in [4.69, 9.17) is 9.15 Å². The number of nitrogens with one attached hydrogen (secondary N) is 1. The number of ether oxygens (including phenoxy) is 1. The van der Waals surface area contributed by atoms with Crippen molar-refractivity contribution >= 4 is 32.6 Å². The summed E-state index contributed by atoms with van der Waals surface area (Å²) in [6, 6.07) is 10.5. The van der Waals surface area contributed by atoms with Crippen molar-refractivity contribution in [1.29, 1.82) is 0 Å². The number of benzene rings is 2. The van der Waals surface area contributed by atoms with E-state index in [1.807, 2.05) is 25.1 Å². The molecule has 0 saturated carbocycles. The molecule has 1 aromatic heterocycles. The van der Waals surface area contributed by atoms with Gasteiger partial charge in [-0.1, -0.05) is 26.0 Å². The first-order valence-electron chi connectivity index (χ1n) is 10.3. The van der Waals surface area contributed by atoms with Crippen LogP contribution in [0.25, 0.3) is 11.0 Å². The van der Waals surface area contributed by atoms with Crippen molar-refractivity contribution in [2.24, 2.45) is 0 Å². The first-order chi connectivity index (χ1) is 14.8. The Morgan fingerprint density at radius 1 is 1.10 bits per heavy atom. The van der Waals surface area contributed by atoms with Crippen LogP contribution < -0.4 is 10.1 Å². The fraction of sp³-hybridized carbons (Fsp3) is 0.348. The minimum absolute atomic E-state index is 0.0417. The average Bonchev–Trinajstić information content (AvgIpc) is 3.11. The van der Waals surface area contributed by atoms with Crippen LogP contribution in [0.2, 0.25) is 0 Å². The molecule has 0 unspecified atom stereocenters. The minimum Gasteiger partial charge on any atom is -0.492 e. The zero-order valence-corrected chi connectivity index (χ0v) is 19.1. The third-order valence-electron chi connectivity index (χ3n) is 5.01. The Labute approximate surface area is 183 Å². The van der Waals surface area contributed by atoms with E-state index in [0.717, 1.165) is 22.1 Å². The number of aryl methyl sites for hydroxylation is 1. The predicted molar refractivity (Wildman–Crippen MR) is 121 cm³/mol. The molecule has 0 aliphatic carbocycles. The fourth-order valence-electron chi connectivity index (χ4n) is 3.47. The Hall–Kier alpha value is -2.84. The maximum Gasteiger partial charge on any atom is 0.246 e. The molecular formula is C23H28N2O5S. The third kappa shape index (κ3) is 4.91. The van der Waals surface area contributed by atoms with Gasteiger partial charge in [0.25, 0.3) is 0 Å². The van der Waals surface area contributed by atoms with E-state index < -0.39 is 10.0 Å². The molecule has 1 N–H and O–H groups in total. The Morgan fingerprint density at radius 2 is 1.84 bits per heavy atom. The largest absolute Gasteiger partial charge is 0.492 e. The van der Waals surface area contributed by atoms with Crippen LogP contribution in [0.1, 0.15) is 31.9 Å². The average molecular weight is 445 g/mol. The number of hydrogen-bond donors (Lipinski definition) is 1. The number of carbonyl (C=O) groups is 1. The van der Waals surface area contributed by atoms with Gasteiger partial charge in [0.05, 0.1) is 19.3 Å². The van der Waals surface area contributed by atoms with Crippen molar-refractivity contribution in [2.75, 3.05) is 25.0 Å². The molecule has 0 aliphatic rings. The lowest BCUT2D eigenvalue weighted by molar-refractivity contribution is -0.115. The molecule has 0 spiro atoms. The van der Waals surface area contributed by atoms with E-state index in [1.165, 1.54) is 10.4 Å². The van der Waals surface area contributed by atoms with E-state index in [-0.39, 0.29) is 23.0 Å². The number of fused-ring (bicyclic) bond motifs is 1. The van der Waals surface area contributed by atoms with Crippen molar-refractivity contribution < 1.29 is 22.4 Å². The van der Waals surface area contributed by atoms with Crippen LogP contribution in [-0.2, 0) is 21.2 Å². The highest BCUT2D eigenvalue weighted by molar-refractivity contribution is 7.89. The summed E-state index contributed by atoms with van der Waals surface area (Å²) in [6.07, 6.45) is 1.69. The van der Waals surface area contributed by atoms with Crippen LogP contribution in [0.15, 0.2) is 52.0 Å². The van der Waals surface area contributed by atoms with Gasteiger partial charge in [0.1, 0.15) is 16.2 Å². The van der Waals surface area contributed by atoms with Gasteiger partial charge < -0.3 is 14.5 Å². The van der Waals surface area contributed by atoms with Crippen LogP contribution in [0.3, 0.4) is 0 Å². The van der Waals surface area contributed by atoms with Gasteiger partial charge in [0.15, 0.2) is 0 Å². The number of hydrogen-bond acceptors (Lipinski definition) is 5. The molecule has 1 heterocycles. The zero-order chi connectivity index (χ0) is 22.6. The monoisotopic (exact) mass is 444 g/mol. The van der Waals surface area contributed by atoms with Crippen LogP contribution >= 0.6 is 0 Å². The quantitative estimate of drug-likeness (QED) is 0.530. The van der Waals surface area contributed by atoms with Gasteiger partial charge in [-0.2, -0.15) is 4.31 Å². The molecule has 166 valence electrons. The highest BCUT2D eigenvalue weighted by atomic mass is 32.2. The minimum atomic E-state index is -3.75. The molecule has 0 atom stereocenters. The maximum atomic E-state index is 13.1. The molecule has 3 aromatic rings. The lowest BCUT2D eigenvalue weighted by atomic mass is 10.1. The summed E-state index contributed by atoms with van der Waals surface area (Å²) in [5.74, 6) is 0.00206. The first-order valence-corrected chi connectivity index (χ1v) is 11.8. The highest BCUT2D eigenvalue weighted by Gasteiger charge is 2.26. The van der Waals surface area contributed by atoms with Crippen molar-refractivity contribution in [3.63, 3.8) is 0 Å². The lowest BCUT2D eigenvalue weighted by Crippen LogP contribution is -2.31. The predicted octanol–water partition coefficient (Wildman–Crippen LogP) is 4.35. The Balaban J connectivity index is 1.86. The Morgan fingerprint density at radius 3 is 2.52 bits per heavy atom. The number of nitrogens with zero attached hydrogens (tertiary/aromatic N) is 1. The number of furan rings is 1. The summed E-state index contributed by atoms with van der Waals surface area (Å²) in [4.78, 5) is 12.7. The number of sulfonamides is 1. The van der Waals surface area contributed by atoms with Gasteiger partial charge in [0, 0.05) is 29.7 Å². The van der Waals surface area contributed by atoms with E-state index in [2.05, 4.69) is 5.32 Å². The molecule has 2 aromatic carbocycles. The third-order valence-corrected chi connectivity index (χ3v) is 7.08. The van der Waals surface area contributed by atoms with Crippen molar-refractivity contribution in [3.8, 4) is 5.75 Å². The molecule has 0 aliphatic heterocycles. The van der Waals surface area contributed by atoms with Gasteiger partial charge in [-0.3, -0.25) is 4.79 Å². The van der Waals surface area contributed by atoms with Gasteiger partial charge in [-0.15, -0.1) is 0 Å². The van der Waals surface area contributed by atoms with E-state index >= 15 is 0 Å². The molecule has 7 nitrogen and oxygen atoms in total. The van der Waals surface area contributed by atoms with Gasteiger partial charge >= 0.3 is 0 Å². The van der Waals surface area contributed by atoms with Gasteiger partial charge in [0.2, 0.25) is 15.9 Å². The second kappa shape index (κ2) is 9.53. The summed E-state index contributed by atoms with van der Waals surface area (Å²) < 4.78 is 38.6. The molecule has 0 radical (unpaired) electrons. The van der Waals surface area contributed by atoms with E-state index in [9.17, 15) is 13.2 Å². The van der Waals surface area contributed by atoms with Crippen LogP contribution in [0, 0.1) is 6.92 Å². The van der Waals surface area contributed by atoms with Crippen LogP contribution in [0.5, 0.6) is 5.75 Å². The zero-order valence-electron chi connectivity index (χ0n) is 18.3. The normalized spacial score (nSPS) is 11.8. The van der Waals surface area contributed by atoms with Gasteiger partial charge in [-0.05, 0) is 43.7 Å². The van der Waals surface area contributed by atoms with E-state index in [1.54, 1.807) is 39.2 Å². The summed E-state index contributed by atoms with van der Waals surface area (Å²) in [5, 5.41) is 3.68. The molecule has 31 heavy (non-hydrogen) atoms. The van der Waals surface area contributed by atoms with Crippen LogP contribution in [0.4, 0.5) is 5.69 Å². The number of rotatable bonds is 9.